The molecule has 2 heterocycles. The van der Waals surface area contributed by atoms with E-state index in [1.54, 1.807) is 10.9 Å². The van der Waals surface area contributed by atoms with Crippen molar-refractivity contribution in [3.8, 4) is 5.69 Å². The predicted molar refractivity (Wildman–Crippen MR) is 113 cm³/mol. The summed E-state index contributed by atoms with van der Waals surface area (Å²) in [5.74, 6) is -0.185. The van der Waals surface area contributed by atoms with Crippen LogP contribution in [0.15, 0.2) is 36.5 Å². The van der Waals surface area contributed by atoms with Gasteiger partial charge in [0.05, 0.1) is 16.9 Å². The molecule has 0 radical (unpaired) electrons. The van der Waals surface area contributed by atoms with Crippen LogP contribution in [-0.2, 0) is 0 Å². The molecule has 0 atom stereocenters. The molecule has 29 heavy (non-hydrogen) atoms. The van der Waals surface area contributed by atoms with Crippen LogP contribution in [0.4, 0.5) is 0 Å². The minimum absolute atomic E-state index is 0.185. The number of amides is 1. The highest BCUT2D eigenvalue weighted by atomic mass is 16.2. The summed E-state index contributed by atoms with van der Waals surface area (Å²) in [7, 11) is 0. The predicted octanol–water partition coefficient (Wildman–Crippen LogP) is 3.17. The van der Waals surface area contributed by atoms with Crippen molar-refractivity contribution in [3.05, 3.63) is 47.9 Å². The Balaban J connectivity index is 1.39. The third-order valence-corrected chi connectivity index (χ3v) is 5.66. The van der Waals surface area contributed by atoms with Gasteiger partial charge in [-0.15, -0.1) is 5.10 Å². The molecule has 0 aliphatic heterocycles. The second-order valence-corrected chi connectivity index (χ2v) is 7.68. The Morgan fingerprint density at radius 2 is 1.93 bits per heavy atom. The molecule has 0 unspecified atom stereocenters. The van der Waals surface area contributed by atoms with E-state index in [-0.39, 0.29) is 5.91 Å². The summed E-state index contributed by atoms with van der Waals surface area (Å²) in [6.45, 7) is 3.23. The lowest BCUT2D eigenvalue weighted by Crippen LogP contribution is -2.37. The second kappa shape index (κ2) is 9.13. The van der Waals surface area contributed by atoms with Gasteiger partial charge in [-0.05, 0) is 44.0 Å². The Bertz CT molecular complexity index is 969. The van der Waals surface area contributed by atoms with Crippen LogP contribution in [0.3, 0.4) is 0 Å². The number of benzene rings is 1. The molecule has 2 aromatic heterocycles. The van der Waals surface area contributed by atoms with Crippen molar-refractivity contribution in [1.29, 1.82) is 0 Å². The maximum absolute atomic E-state index is 12.6. The van der Waals surface area contributed by atoms with E-state index in [2.05, 4.69) is 25.9 Å². The third-order valence-electron chi connectivity index (χ3n) is 5.66. The highest BCUT2D eigenvalue weighted by Crippen LogP contribution is 2.21. The second-order valence-electron chi connectivity index (χ2n) is 7.68. The van der Waals surface area contributed by atoms with Gasteiger partial charge in [0.2, 0.25) is 0 Å². The first-order valence-corrected chi connectivity index (χ1v) is 10.5. The van der Waals surface area contributed by atoms with E-state index < -0.39 is 0 Å². The molecule has 1 aliphatic carbocycles. The molecule has 1 aliphatic rings. The van der Waals surface area contributed by atoms with Crippen molar-refractivity contribution < 1.29 is 4.79 Å². The smallest absolute Gasteiger partial charge is 0.273 e. The monoisotopic (exact) mass is 392 g/mol. The van der Waals surface area contributed by atoms with Gasteiger partial charge in [-0.2, -0.15) is 0 Å². The van der Waals surface area contributed by atoms with Crippen molar-refractivity contribution >= 4 is 16.8 Å². The minimum Gasteiger partial charge on any atom is -0.349 e. The summed E-state index contributed by atoms with van der Waals surface area (Å²) in [4.78, 5) is 17.0. The zero-order chi connectivity index (χ0) is 20.1. The van der Waals surface area contributed by atoms with E-state index in [0.29, 0.717) is 18.3 Å². The molecular formula is C22H28N6O. The van der Waals surface area contributed by atoms with Crippen LogP contribution in [0.25, 0.3) is 16.6 Å². The Hall–Kier alpha value is -2.80. The summed E-state index contributed by atoms with van der Waals surface area (Å²) >= 11 is 0. The van der Waals surface area contributed by atoms with Crippen molar-refractivity contribution in [2.75, 3.05) is 13.1 Å². The van der Waals surface area contributed by atoms with Gasteiger partial charge in [0.25, 0.3) is 5.91 Å². The van der Waals surface area contributed by atoms with E-state index in [1.165, 1.54) is 38.5 Å². The fourth-order valence-corrected chi connectivity index (χ4v) is 4.06. The maximum Gasteiger partial charge on any atom is 0.273 e. The summed E-state index contributed by atoms with van der Waals surface area (Å²) in [6, 6.07) is 10.3. The quantitative estimate of drug-likeness (QED) is 0.497. The first-order valence-electron chi connectivity index (χ1n) is 10.5. The number of hydrogen-bond donors (Lipinski definition) is 2. The highest BCUT2D eigenvalue weighted by Gasteiger charge is 2.18. The number of fused-ring (bicyclic) bond motifs is 1. The minimum atomic E-state index is -0.185. The van der Waals surface area contributed by atoms with Crippen molar-refractivity contribution in [2.45, 2.75) is 51.5 Å². The van der Waals surface area contributed by atoms with Crippen LogP contribution < -0.4 is 10.6 Å². The molecule has 7 heteroatoms. The largest absolute Gasteiger partial charge is 0.349 e. The van der Waals surface area contributed by atoms with E-state index in [9.17, 15) is 4.79 Å². The molecule has 1 aromatic carbocycles. The molecule has 0 saturated heterocycles. The number of carbonyl (C=O) groups is 1. The summed E-state index contributed by atoms with van der Waals surface area (Å²) < 4.78 is 1.71. The van der Waals surface area contributed by atoms with Gasteiger partial charge >= 0.3 is 0 Å². The van der Waals surface area contributed by atoms with Crippen molar-refractivity contribution in [3.63, 3.8) is 0 Å². The molecule has 4 rings (SSSR count). The fourth-order valence-electron chi connectivity index (χ4n) is 4.06. The zero-order valence-corrected chi connectivity index (χ0v) is 16.9. The van der Waals surface area contributed by atoms with Gasteiger partial charge < -0.3 is 10.6 Å². The molecular weight excluding hydrogens is 364 g/mol. The molecule has 1 saturated carbocycles. The molecule has 1 amide bonds. The van der Waals surface area contributed by atoms with Crippen LogP contribution in [0.5, 0.6) is 0 Å². The topological polar surface area (TPSA) is 84.7 Å². The Labute approximate surface area is 170 Å². The molecule has 152 valence electrons. The van der Waals surface area contributed by atoms with Gasteiger partial charge in [0.1, 0.15) is 0 Å². The summed E-state index contributed by atoms with van der Waals surface area (Å²) in [6.07, 6.45) is 9.53. The lowest BCUT2D eigenvalue weighted by atomic mass is 10.1. The number of rotatable bonds is 6. The Morgan fingerprint density at radius 1 is 1.10 bits per heavy atom. The standard InChI is InChI=1S/C22H28N6O/c1-16-21(22(29)25-15-14-23-17-8-4-2-3-5-9-17)26-27-28(16)20-12-6-11-19-18(20)10-7-13-24-19/h6-7,10-13,17,23H,2-5,8-9,14-15H2,1H3,(H,25,29). The lowest BCUT2D eigenvalue weighted by Gasteiger charge is -2.16. The first kappa shape index (κ1) is 19.5. The van der Waals surface area contributed by atoms with Crippen LogP contribution in [-0.4, -0.2) is 45.0 Å². The normalized spacial score (nSPS) is 15.3. The van der Waals surface area contributed by atoms with Gasteiger partial charge in [-0.1, -0.05) is 37.0 Å². The average Bonchev–Trinajstić information content (AvgIpc) is 2.95. The Morgan fingerprint density at radius 3 is 2.76 bits per heavy atom. The number of pyridine rings is 1. The number of nitrogens with one attached hydrogen (secondary N) is 2. The lowest BCUT2D eigenvalue weighted by molar-refractivity contribution is 0.0948. The zero-order valence-electron chi connectivity index (χ0n) is 16.9. The summed E-state index contributed by atoms with van der Waals surface area (Å²) in [5.41, 5.74) is 2.83. The number of carbonyl (C=O) groups excluding carboxylic acids is 1. The number of hydrogen-bond acceptors (Lipinski definition) is 5. The fraction of sp³-hybridized carbons (Fsp3) is 0.455. The maximum atomic E-state index is 12.6. The highest BCUT2D eigenvalue weighted by molar-refractivity contribution is 5.94. The van der Waals surface area contributed by atoms with Crippen LogP contribution in [0.2, 0.25) is 0 Å². The van der Waals surface area contributed by atoms with E-state index in [1.807, 2.05) is 37.3 Å². The van der Waals surface area contributed by atoms with Gasteiger partial charge in [0.15, 0.2) is 5.69 Å². The van der Waals surface area contributed by atoms with Crippen LogP contribution in [0, 0.1) is 6.92 Å². The van der Waals surface area contributed by atoms with Crippen molar-refractivity contribution in [1.82, 2.24) is 30.6 Å². The molecule has 0 bridgehead atoms. The molecule has 1 fully saturated rings. The molecule has 3 aromatic rings. The average molecular weight is 393 g/mol. The number of aromatic nitrogens is 4. The van der Waals surface area contributed by atoms with Crippen LogP contribution >= 0.6 is 0 Å². The van der Waals surface area contributed by atoms with Gasteiger partial charge in [-0.3, -0.25) is 9.78 Å². The van der Waals surface area contributed by atoms with E-state index in [4.69, 9.17) is 0 Å². The van der Waals surface area contributed by atoms with Gasteiger partial charge in [0, 0.05) is 30.7 Å². The molecule has 0 spiro atoms. The third kappa shape index (κ3) is 4.45. The van der Waals surface area contributed by atoms with Crippen molar-refractivity contribution in [2.24, 2.45) is 0 Å². The first-order chi connectivity index (χ1) is 14.2. The SMILES string of the molecule is Cc1c(C(=O)NCCNC2CCCCCC2)nnn1-c1cccc2ncccc12. The van der Waals surface area contributed by atoms with E-state index >= 15 is 0 Å². The van der Waals surface area contributed by atoms with Crippen LogP contribution in [0.1, 0.15) is 54.7 Å². The molecule has 2 N–H and O–H groups in total. The Kier molecular flexibility index (Phi) is 6.14. The van der Waals surface area contributed by atoms with Gasteiger partial charge in [-0.25, -0.2) is 4.68 Å². The summed E-state index contributed by atoms with van der Waals surface area (Å²) in [5, 5.41) is 15.9. The molecule has 7 nitrogen and oxygen atoms in total. The van der Waals surface area contributed by atoms with E-state index in [0.717, 1.165) is 28.8 Å². The number of nitrogens with zero attached hydrogens (tertiary/aromatic N) is 4.